The average Bonchev–Trinajstić information content (AvgIpc) is 3.23. The van der Waals surface area contributed by atoms with Gasteiger partial charge in [0.05, 0.1) is 12.2 Å². The minimum absolute atomic E-state index is 0.0569. The highest BCUT2D eigenvalue weighted by atomic mass is 32.2. The molecule has 1 saturated heterocycles. The second-order valence-corrected chi connectivity index (χ2v) is 8.91. The number of aryl methyl sites for hydroxylation is 1. The van der Waals surface area contributed by atoms with Crippen LogP contribution < -0.4 is 20.1 Å². The molecule has 3 heterocycles. The normalized spacial score (nSPS) is 22.6. The van der Waals surface area contributed by atoms with E-state index in [0.717, 1.165) is 18.2 Å². The van der Waals surface area contributed by atoms with Gasteiger partial charge in [-0.25, -0.2) is 26.3 Å². The number of hydrogen-bond donors (Lipinski definition) is 3. The molecule has 1 fully saturated rings. The van der Waals surface area contributed by atoms with E-state index in [2.05, 4.69) is 15.4 Å². The first kappa shape index (κ1) is 20.7. The van der Waals surface area contributed by atoms with E-state index < -0.39 is 33.7 Å². The number of nitrogens with one attached hydrogen (secondary N) is 3. The zero-order valence-electron chi connectivity index (χ0n) is 15.8. The van der Waals surface area contributed by atoms with Crippen LogP contribution in [0.4, 0.5) is 18.9 Å². The average molecular weight is 444 g/mol. The summed E-state index contributed by atoms with van der Waals surface area (Å²) in [7, 11) is -2.48. The first-order valence-corrected chi connectivity index (χ1v) is 10.6. The van der Waals surface area contributed by atoms with Gasteiger partial charge in [0, 0.05) is 44.0 Å². The van der Waals surface area contributed by atoms with Gasteiger partial charge in [0.1, 0.15) is 10.7 Å². The van der Waals surface area contributed by atoms with Crippen LogP contribution in [-0.2, 0) is 17.1 Å². The van der Waals surface area contributed by atoms with Gasteiger partial charge in [0.15, 0.2) is 11.4 Å². The van der Waals surface area contributed by atoms with Gasteiger partial charge in [-0.15, -0.1) is 0 Å². The number of aromatic nitrogens is 1. The lowest BCUT2D eigenvalue weighted by atomic mass is 10.1. The van der Waals surface area contributed by atoms with Gasteiger partial charge < -0.3 is 19.9 Å². The van der Waals surface area contributed by atoms with E-state index in [1.165, 1.54) is 17.8 Å². The van der Waals surface area contributed by atoms with E-state index in [1.807, 2.05) is 0 Å². The summed E-state index contributed by atoms with van der Waals surface area (Å²) in [5, 5.41) is 5.49. The summed E-state index contributed by atoms with van der Waals surface area (Å²) in [5.41, 5.74) is -1.00. The van der Waals surface area contributed by atoms with Gasteiger partial charge in [-0.2, -0.15) is 0 Å². The Labute approximate surface area is 170 Å². The number of sulfonamides is 1. The fourth-order valence-corrected chi connectivity index (χ4v) is 5.15. The predicted octanol–water partition coefficient (Wildman–Crippen LogP) is 1.61. The van der Waals surface area contributed by atoms with Crippen LogP contribution in [0.1, 0.15) is 22.5 Å². The first-order valence-electron chi connectivity index (χ1n) is 9.11. The quantitative estimate of drug-likeness (QED) is 0.668. The molecule has 1 aromatic heterocycles. The molecule has 0 spiro atoms. The molecule has 4 rings (SSSR count). The summed E-state index contributed by atoms with van der Waals surface area (Å²) in [5.74, 6) is -2.10. The summed E-state index contributed by atoms with van der Waals surface area (Å²) in [6.07, 6.45) is -1.80. The second kappa shape index (κ2) is 7.60. The third kappa shape index (κ3) is 3.66. The summed E-state index contributed by atoms with van der Waals surface area (Å²) < 4.78 is 74.6. The molecule has 8 nitrogen and oxygen atoms in total. The van der Waals surface area contributed by atoms with Crippen molar-refractivity contribution in [3.63, 3.8) is 0 Å². The highest BCUT2D eigenvalue weighted by molar-refractivity contribution is 7.89. The Hall–Kier alpha value is -2.57. The van der Waals surface area contributed by atoms with E-state index >= 15 is 0 Å². The van der Waals surface area contributed by atoms with Crippen molar-refractivity contribution < 1.29 is 31.1 Å². The van der Waals surface area contributed by atoms with Crippen molar-refractivity contribution in [1.29, 1.82) is 0 Å². The van der Waals surface area contributed by atoms with Crippen molar-refractivity contribution in [3.05, 3.63) is 41.5 Å². The number of nitrogens with zero attached hydrogens (tertiary/aromatic N) is 1. The van der Waals surface area contributed by atoms with Crippen LogP contribution in [-0.4, -0.2) is 44.6 Å². The molecule has 1 aromatic carbocycles. The van der Waals surface area contributed by atoms with Crippen molar-refractivity contribution in [3.8, 4) is 5.75 Å². The largest absolute Gasteiger partial charge is 0.489 e. The molecular weight excluding hydrogens is 425 g/mol. The Balaban J connectivity index is 1.68. The lowest BCUT2D eigenvalue weighted by Crippen LogP contribution is -2.43. The topological polar surface area (TPSA) is 101 Å². The van der Waals surface area contributed by atoms with Crippen molar-refractivity contribution in [2.75, 3.05) is 25.0 Å². The molecule has 2 aromatic rings. The second-order valence-electron chi connectivity index (χ2n) is 7.23. The highest BCUT2D eigenvalue weighted by Crippen LogP contribution is 2.34. The summed E-state index contributed by atoms with van der Waals surface area (Å²) >= 11 is 0. The number of rotatable bonds is 3. The Morgan fingerprint density at radius 2 is 2.10 bits per heavy atom. The van der Waals surface area contributed by atoms with E-state index in [4.69, 9.17) is 4.74 Å². The SMILES string of the molecule is Cn1cc2c(c1C(=O)Nc1ccc(F)c(C(F)F)c1)OC[C@@H]1CNC[C@@H]1NS2(=O)=O. The van der Waals surface area contributed by atoms with E-state index in [-0.39, 0.29) is 40.6 Å². The number of hydrogen-bond acceptors (Lipinski definition) is 5. The van der Waals surface area contributed by atoms with Gasteiger partial charge in [0.2, 0.25) is 10.0 Å². The van der Waals surface area contributed by atoms with Crippen LogP contribution in [0.2, 0.25) is 0 Å². The van der Waals surface area contributed by atoms with Crippen LogP contribution in [0.15, 0.2) is 29.3 Å². The number of fused-ring (bicyclic) bond motifs is 2. The number of benzene rings is 1. The summed E-state index contributed by atoms with van der Waals surface area (Å²) in [6.45, 7) is 1.21. The van der Waals surface area contributed by atoms with Crippen molar-refractivity contribution >= 4 is 21.6 Å². The van der Waals surface area contributed by atoms with Crippen LogP contribution >= 0.6 is 0 Å². The molecule has 3 N–H and O–H groups in total. The van der Waals surface area contributed by atoms with Crippen LogP contribution in [0.3, 0.4) is 0 Å². The van der Waals surface area contributed by atoms with E-state index in [1.54, 1.807) is 0 Å². The maximum absolute atomic E-state index is 13.5. The zero-order valence-corrected chi connectivity index (χ0v) is 16.6. The molecule has 30 heavy (non-hydrogen) atoms. The number of carbonyl (C=O) groups excluding carboxylic acids is 1. The molecule has 0 aliphatic carbocycles. The summed E-state index contributed by atoms with van der Waals surface area (Å²) in [6, 6.07) is 2.47. The minimum atomic E-state index is -3.95. The van der Waals surface area contributed by atoms with Crippen molar-refractivity contribution in [2.24, 2.45) is 13.0 Å². The Morgan fingerprint density at radius 1 is 1.33 bits per heavy atom. The van der Waals surface area contributed by atoms with Crippen molar-refractivity contribution in [1.82, 2.24) is 14.6 Å². The molecule has 0 radical (unpaired) electrons. The number of alkyl halides is 2. The van der Waals surface area contributed by atoms with E-state index in [9.17, 15) is 26.4 Å². The fraction of sp³-hybridized carbons (Fsp3) is 0.389. The molecule has 2 aliphatic heterocycles. The Bertz CT molecular complexity index is 1100. The lowest BCUT2D eigenvalue weighted by Gasteiger charge is -2.24. The van der Waals surface area contributed by atoms with Gasteiger partial charge in [-0.05, 0) is 18.2 Å². The predicted molar refractivity (Wildman–Crippen MR) is 101 cm³/mol. The Kier molecular flexibility index (Phi) is 5.24. The lowest BCUT2D eigenvalue weighted by molar-refractivity contribution is 0.101. The molecule has 0 unspecified atom stereocenters. The summed E-state index contributed by atoms with van der Waals surface area (Å²) in [4.78, 5) is 12.7. The molecule has 162 valence electrons. The molecular formula is C18H19F3N4O4S. The number of ether oxygens (including phenoxy) is 1. The van der Waals surface area contributed by atoms with Crippen LogP contribution in [0.25, 0.3) is 0 Å². The fourth-order valence-electron chi connectivity index (χ4n) is 3.65. The van der Waals surface area contributed by atoms with Gasteiger partial charge >= 0.3 is 0 Å². The van der Waals surface area contributed by atoms with Gasteiger partial charge in [-0.1, -0.05) is 0 Å². The Morgan fingerprint density at radius 3 is 2.83 bits per heavy atom. The molecule has 0 bridgehead atoms. The smallest absolute Gasteiger partial charge is 0.276 e. The number of carbonyl (C=O) groups is 1. The third-order valence-electron chi connectivity index (χ3n) is 5.18. The van der Waals surface area contributed by atoms with Gasteiger partial charge in [-0.3, -0.25) is 4.79 Å². The molecule has 0 saturated carbocycles. The standard InChI is InChI=1S/C18H19F3N4O4S/c1-25-7-14-16(29-8-9-5-22-6-13(9)24-30(14,27)28)15(25)18(26)23-10-2-3-12(19)11(4-10)17(20)21/h2-4,7,9,13,17,22,24H,5-6,8H2,1H3,(H,23,26)/t9-,13-/m0/s1. The maximum Gasteiger partial charge on any atom is 0.276 e. The minimum Gasteiger partial charge on any atom is -0.489 e. The van der Waals surface area contributed by atoms with E-state index in [0.29, 0.717) is 13.1 Å². The van der Waals surface area contributed by atoms with Crippen LogP contribution in [0, 0.1) is 11.7 Å². The third-order valence-corrected chi connectivity index (χ3v) is 6.67. The van der Waals surface area contributed by atoms with Crippen molar-refractivity contribution in [2.45, 2.75) is 17.4 Å². The van der Waals surface area contributed by atoms with Gasteiger partial charge in [0.25, 0.3) is 12.3 Å². The first-order chi connectivity index (χ1) is 14.2. The number of amides is 1. The molecule has 2 atom stereocenters. The zero-order chi connectivity index (χ0) is 21.6. The monoisotopic (exact) mass is 444 g/mol. The molecule has 2 aliphatic rings. The molecule has 1 amide bonds. The number of halogens is 3. The number of anilines is 1. The molecule has 12 heteroatoms. The maximum atomic E-state index is 13.5. The highest BCUT2D eigenvalue weighted by Gasteiger charge is 2.38. The van der Waals surface area contributed by atoms with Crippen LogP contribution in [0.5, 0.6) is 5.75 Å².